The van der Waals surface area contributed by atoms with Gasteiger partial charge in [-0.2, -0.15) is 5.26 Å². The van der Waals surface area contributed by atoms with Gasteiger partial charge < -0.3 is 15.2 Å². The first-order chi connectivity index (χ1) is 14.4. The van der Waals surface area contributed by atoms with Gasteiger partial charge in [0.15, 0.2) is 0 Å². The summed E-state index contributed by atoms with van der Waals surface area (Å²) in [6.07, 6.45) is 2.33. The fraction of sp³-hybridized carbons (Fsp3) is 0.391. The first-order valence-corrected chi connectivity index (χ1v) is 10.1. The molecule has 1 saturated heterocycles. The Morgan fingerprint density at radius 2 is 2.13 bits per heavy atom. The summed E-state index contributed by atoms with van der Waals surface area (Å²) in [5.41, 5.74) is 9.16. The van der Waals surface area contributed by atoms with Crippen LogP contribution in [0.25, 0.3) is 11.1 Å². The summed E-state index contributed by atoms with van der Waals surface area (Å²) in [7, 11) is 1.76. The lowest BCUT2D eigenvalue weighted by atomic mass is 9.80. The van der Waals surface area contributed by atoms with E-state index in [1.165, 1.54) is 5.06 Å². The Hall–Kier alpha value is -3.08. The van der Waals surface area contributed by atoms with Crippen LogP contribution in [0.2, 0.25) is 0 Å². The summed E-state index contributed by atoms with van der Waals surface area (Å²) in [4.78, 5) is 11.0. The highest BCUT2D eigenvalue weighted by Crippen LogP contribution is 2.52. The second-order valence-corrected chi connectivity index (χ2v) is 8.32. The minimum Gasteiger partial charge on any atom is -0.484 e. The van der Waals surface area contributed by atoms with Crippen molar-refractivity contribution in [1.82, 2.24) is 5.06 Å². The number of hydrogen-bond acceptors (Lipinski definition) is 7. The number of hydrogen-bond donors (Lipinski definition) is 1. The molecule has 1 fully saturated rings. The highest BCUT2D eigenvalue weighted by molar-refractivity contribution is 5.79. The summed E-state index contributed by atoms with van der Waals surface area (Å²) in [6.45, 7) is 3.29. The Morgan fingerprint density at radius 3 is 2.83 bits per heavy atom. The molecule has 3 aliphatic heterocycles. The SMILES string of the molecule is Cc1cc2c(cc1-c1cccc(C#N)c1)C1(CC3(CCCOC3)O2)N=C(N)N(C)O1. The Kier molecular flexibility index (Phi) is 4.24. The Morgan fingerprint density at radius 1 is 1.27 bits per heavy atom. The summed E-state index contributed by atoms with van der Waals surface area (Å²) < 4.78 is 12.3. The van der Waals surface area contributed by atoms with E-state index in [9.17, 15) is 5.26 Å². The van der Waals surface area contributed by atoms with Crippen LogP contribution in [-0.2, 0) is 15.3 Å². The van der Waals surface area contributed by atoms with Crippen LogP contribution in [0.1, 0.15) is 36.0 Å². The van der Waals surface area contributed by atoms with Gasteiger partial charge in [0.05, 0.1) is 23.8 Å². The number of nitriles is 1. The molecule has 2 atom stereocenters. The molecule has 2 spiro atoms. The third-order valence-corrected chi connectivity index (χ3v) is 6.13. The molecule has 2 unspecified atom stereocenters. The largest absolute Gasteiger partial charge is 0.484 e. The van der Waals surface area contributed by atoms with Crippen LogP contribution < -0.4 is 10.5 Å². The van der Waals surface area contributed by atoms with Gasteiger partial charge in [0.2, 0.25) is 11.7 Å². The molecule has 0 bridgehead atoms. The number of ether oxygens (including phenoxy) is 2. The van der Waals surface area contributed by atoms with Gasteiger partial charge in [-0.25, -0.2) is 14.9 Å². The van der Waals surface area contributed by atoms with Crippen LogP contribution in [0.4, 0.5) is 0 Å². The fourth-order valence-corrected chi connectivity index (χ4v) is 4.72. The second kappa shape index (κ2) is 6.73. The van der Waals surface area contributed by atoms with Gasteiger partial charge in [0.1, 0.15) is 11.4 Å². The molecule has 0 radical (unpaired) electrons. The predicted molar refractivity (Wildman–Crippen MR) is 112 cm³/mol. The lowest BCUT2D eigenvalue weighted by molar-refractivity contribution is -0.216. The number of rotatable bonds is 1. The smallest absolute Gasteiger partial charge is 0.222 e. The third-order valence-electron chi connectivity index (χ3n) is 6.13. The van der Waals surface area contributed by atoms with Crippen molar-refractivity contribution in [2.75, 3.05) is 20.3 Å². The molecule has 5 rings (SSSR count). The topological polar surface area (TPSA) is 93.1 Å². The lowest BCUT2D eigenvalue weighted by Crippen LogP contribution is -2.53. The predicted octanol–water partition coefficient (Wildman–Crippen LogP) is 3.21. The third kappa shape index (κ3) is 2.92. The van der Waals surface area contributed by atoms with E-state index in [2.05, 4.69) is 12.1 Å². The maximum absolute atomic E-state index is 9.30. The van der Waals surface area contributed by atoms with E-state index < -0.39 is 11.3 Å². The van der Waals surface area contributed by atoms with Crippen molar-refractivity contribution in [3.63, 3.8) is 0 Å². The van der Waals surface area contributed by atoms with Crippen molar-refractivity contribution >= 4 is 5.96 Å². The summed E-state index contributed by atoms with van der Waals surface area (Å²) in [6, 6.07) is 13.9. The van der Waals surface area contributed by atoms with E-state index in [-0.39, 0.29) is 0 Å². The Bertz CT molecular complexity index is 1080. The zero-order valence-corrected chi connectivity index (χ0v) is 17.1. The Labute approximate surface area is 175 Å². The summed E-state index contributed by atoms with van der Waals surface area (Å²) in [5, 5.41) is 10.8. The molecule has 2 aromatic rings. The summed E-state index contributed by atoms with van der Waals surface area (Å²) in [5.74, 6) is 1.08. The molecule has 0 amide bonds. The molecule has 2 aromatic carbocycles. The van der Waals surface area contributed by atoms with Gasteiger partial charge >= 0.3 is 0 Å². The van der Waals surface area contributed by atoms with Gasteiger partial charge in [-0.15, -0.1) is 0 Å². The molecular weight excluding hydrogens is 380 g/mol. The number of aliphatic imine (C=N–C) groups is 1. The second-order valence-electron chi connectivity index (χ2n) is 8.32. The first-order valence-electron chi connectivity index (χ1n) is 10.1. The molecule has 30 heavy (non-hydrogen) atoms. The molecular formula is C23H24N4O3. The average Bonchev–Trinajstić information content (AvgIpc) is 3.01. The molecule has 7 nitrogen and oxygen atoms in total. The van der Waals surface area contributed by atoms with Gasteiger partial charge in [0, 0.05) is 20.1 Å². The molecule has 0 saturated carbocycles. The van der Waals surface area contributed by atoms with Gasteiger partial charge in [0.25, 0.3) is 0 Å². The van der Waals surface area contributed by atoms with Crippen LogP contribution >= 0.6 is 0 Å². The maximum atomic E-state index is 9.30. The fourth-order valence-electron chi connectivity index (χ4n) is 4.72. The standard InChI is InChI=1S/C23H24N4O3/c1-15-9-20-19(11-18(15)17-6-3-5-16(10-17)12-24)23(26-21(25)27(2)30-23)13-22(29-20)7-4-8-28-14-22/h3,5-6,9-11H,4,7-8,13-14H2,1-2H3,(H2,25,26). The number of nitrogens with two attached hydrogens (primary N) is 1. The molecule has 154 valence electrons. The number of hydroxylamine groups is 2. The quantitative estimate of drug-likeness (QED) is 0.785. The number of nitrogens with zero attached hydrogens (tertiary/aromatic N) is 3. The van der Waals surface area contributed by atoms with Gasteiger partial charge in [-0.1, -0.05) is 12.1 Å². The van der Waals surface area contributed by atoms with E-state index in [0.717, 1.165) is 47.5 Å². The number of guanidine groups is 1. The number of benzene rings is 2. The molecule has 2 N–H and O–H groups in total. The molecule has 7 heteroatoms. The van der Waals surface area contributed by atoms with Crippen molar-refractivity contribution in [2.24, 2.45) is 10.7 Å². The molecule has 0 aliphatic carbocycles. The zero-order chi connectivity index (χ0) is 20.9. The highest BCUT2D eigenvalue weighted by Gasteiger charge is 2.55. The van der Waals surface area contributed by atoms with Crippen molar-refractivity contribution in [3.8, 4) is 22.9 Å². The van der Waals surface area contributed by atoms with E-state index in [4.69, 9.17) is 25.0 Å². The normalized spacial score (nSPS) is 27.5. The number of fused-ring (bicyclic) bond motifs is 2. The number of aryl methyl sites for hydroxylation is 1. The average molecular weight is 404 g/mol. The minimum atomic E-state index is -0.956. The van der Waals surface area contributed by atoms with Gasteiger partial charge in [-0.3, -0.25) is 0 Å². The first kappa shape index (κ1) is 18.9. The highest BCUT2D eigenvalue weighted by atomic mass is 16.7. The van der Waals surface area contributed by atoms with E-state index in [1.54, 1.807) is 13.1 Å². The van der Waals surface area contributed by atoms with Crippen LogP contribution in [0, 0.1) is 18.3 Å². The lowest BCUT2D eigenvalue weighted by Gasteiger charge is -2.46. The van der Waals surface area contributed by atoms with E-state index in [0.29, 0.717) is 24.6 Å². The molecule has 0 aromatic heterocycles. The van der Waals surface area contributed by atoms with Gasteiger partial charge in [-0.05, 0) is 60.7 Å². The zero-order valence-electron chi connectivity index (χ0n) is 17.1. The Balaban J connectivity index is 1.68. The van der Waals surface area contributed by atoms with Crippen molar-refractivity contribution in [1.29, 1.82) is 5.26 Å². The van der Waals surface area contributed by atoms with Crippen LogP contribution in [-0.4, -0.2) is 36.9 Å². The van der Waals surface area contributed by atoms with Crippen molar-refractivity contribution < 1.29 is 14.3 Å². The van der Waals surface area contributed by atoms with Crippen LogP contribution in [0.3, 0.4) is 0 Å². The maximum Gasteiger partial charge on any atom is 0.222 e. The summed E-state index contributed by atoms with van der Waals surface area (Å²) >= 11 is 0. The van der Waals surface area contributed by atoms with E-state index >= 15 is 0 Å². The van der Waals surface area contributed by atoms with Crippen LogP contribution in [0.15, 0.2) is 41.4 Å². The van der Waals surface area contributed by atoms with Crippen LogP contribution in [0.5, 0.6) is 5.75 Å². The monoisotopic (exact) mass is 404 g/mol. The molecule has 3 heterocycles. The van der Waals surface area contributed by atoms with Crippen molar-refractivity contribution in [2.45, 2.75) is 37.5 Å². The van der Waals surface area contributed by atoms with E-state index in [1.807, 2.05) is 31.2 Å². The molecule has 3 aliphatic rings. The minimum absolute atomic E-state index is 0.336. The van der Waals surface area contributed by atoms with Crippen molar-refractivity contribution in [3.05, 3.63) is 53.1 Å².